The summed E-state index contributed by atoms with van der Waals surface area (Å²) in [5.74, 6) is 0.114. The number of halogens is 1. The zero-order chi connectivity index (χ0) is 20.0. The first kappa shape index (κ1) is 20.7. The average Bonchev–Trinajstić information content (AvgIpc) is 2.63. The molecule has 1 atom stereocenters. The summed E-state index contributed by atoms with van der Waals surface area (Å²) in [5, 5.41) is 6.02. The molecule has 0 aliphatic rings. The van der Waals surface area contributed by atoms with Crippen molar-refractivity contribution in [3.05, 3.63) is 53.1 Å². The third-order valence-electron chi connectivity index (χ3n) is 4.19. The topological polar surface area (TPSA) is 70.7 Å². The van der Waals surface area contributed by atoms with Gasteiger partial charge < -0.3 is 15.4 Å². The van der Waals surface area contributed by atoms with E-state index < -0.39 is 6.04 Å². The number of aryl methyl sites for hydroxylation is 1. The first-order valence-electron chi connectivity index (χ1n) is 8.51. The molecule has 2 aromatic rings. The van der Waals surface area contributed by atoms with E-state index in [1.54, 1.807) is 37.1 Å². The third-order valence-corrected chi connectivity index (χ3v) is 4.48. The molecule has 0 radical (unpaired) electrons. The zero-order valence-electron chi connectivity index (χ0n) is 15.9. The van der Waals surface area contributed by atoms with Gasteiger partial charge in [0.05, 0.1) is 24.7 Å². The van der Waals surface area contributed by atoms with Crippen molar-refractivity contribution in [3.63, 3.8) is 0 Å². The van der Waals surface area contributed by atoms with Crippen LogP contribution in [0.25, 0.3) is 0 Å². The monoisotopic (exact) mass is 389 g/mol. The average molecular weight is 390 g/mol. The van der Waals surface area contributed by atoms with Gasteiger partial charge in [0.25, 0.3) is 0 Å². The molecule has 144 valence electrons. The lowest BCUT2D eigenvalue weighted by molar-refractivity contribution is -0.122. The normalized spacial score (nSPS) is 11.8. The Balaban J connectivity index is 1.90. The van der Waals surface area contributed by atoms with Crippen LogP contribution in [0.2, 0.25) is 5.02 Å². The summed E-state index contributed by atoms with van der Waals surface area (Å²) in [5.41, 5.74) is 2.41. The Morgan fingerprint density at radius 3 is 2.33 bits per heavy atom. The summed E-state index contributed by atoms with van der Waals surface area (Å²) in [6.07, 6.45) is 0. The number of likely N-dealkylation sites (N-methyl/N-ethyl adjacent to an activating group) is 1. The number of hydrogen-bond donors (Lipinski definition) is 2. The number of carbonyl (C=O) groups excluding carboxylic acids is 2. The van der Waals surface area contributed by atoms with E-state index >= 15 is 0 Å². The van der Waals surface area contributed by atoms with Gasteiger partial charge >= 0.3 is 0 Å². The first-order valence-corrected chi connectivity index (χ1v) is 8.89. The SMILES string of the molecule is COc1ccc(NC(=O)C(C)N(C)CC(=O)Nc2ccc(C)cc2)cc1Cl. The maximum Gasteiger partial charge on any atom is 0.241 e. The van der Waals surface area contributed by atoms with Crippen molar-refractivity contribution in [2.45, 2.75) is 19.9 Å². The number of anilines is 2. The van der Waals surface area contributed by atoms with Crippen LogP contribution in [0.15, 0.2) is 42.5 Å². The fourth-order valence-electron chi connectivity index (χ4n) is 2.39. The van der Waals surface area contributed by atoms with E-state index in [4.69, 9.17) is 16.3 Å². The zero-order valence-corrected chi connectivity index (χ0v) is 16.6. The molecule has 7 heteroatoms. The Bertz CT molecular complexity index is 809. The lowest BCUT2D eigenvalue weighted by Crippen LogP contribution is -2.43. The number of nitrogens with zero attached hydrogens (tertiary/aromatic N) is 1. The van der Waals surface area contributed by atoms with Crippen LogP contribution in [-0.2, 0) is 9.59 Å². The van der Waals surface area contributed by atoms with E-state index in [-0.39, 0.29) is 18.4 Å². The van der Waals surface area contributed by atoms with Gasteiger partial charge in [-0.3, -0.25) is 14.5 Å². The van der Waals surface area contributed by atoms with Crippen LogP contribution in [-0.4, -0.2) is 43.5 Å². The number of hydrogen-bond acceptors (Lipinski definition) is 4. The van der Waals surface area contributed by atoms with Crippen molar-refractivity contribution in [1.82, 2.24) is 4.90 Å². The van der Waals surface area contributed by atoms with Gasteiger partial charge in [0.2, 0.25) is 11.8 Å². The molecule has 2 rings (SSSR count). The van der Waals surface area contributed by atoms with Crippen molar-refractivity contribution in [1.29, 1.82) is 0 Å². The van der Waals surface area contributed by atoms with E-state index in [9.17, 15) is 9.59 Å². The maximum atomic E-state index is 12.4. The fourth-order valence-corrected chi connectivity index (χ4v) is 2.65. The molecule has 0 saturated heterocycles. The van der Waals surface area contributed by atoms with Crippen LogP contribution in [0.1, 0.15) is 12.5 Å². The molecular weight excluding hydrogens is 366 g/mol. The van der Waals surface area contributed by atoms with Crippen LogP contribution in [0, 0.1) is 6.92 Å². The molecule has 0 heterocycles. The molecule has 6 nitrogen and oxygen atoms in total. The van der Waals surface area contributed by atoms with Crippen molar-refractivity contribution in [2.24, 2.45) is 0 Å². The van der Waals surface area contributed by atoms with Crippen LogP contribution in [0.3, 0.4) is 0 Å². The van der Waals surface area contributed by atoms with Crippen LogP contribution in [0.5, 0.6) is 5.75 Å². The molecule has 0 aromatic heterocycles. The Kier molecular flexibility index (Phi) is 7.21. The largest absolute Gasteiger partial charge is 0.495 e. The highest BCUT2D eigenvalue weighted by atomic mass is 35.5. The van der Waals surface area contributed by atoms with Crippen molar-refractivity contribution in [2.75, 3.05) is 31.3 Å². The fraction of sp³-hybridized carbons (Fsp3) is 0.300. The lowest BCUT2D eigenvalue weighted by atomic mass is 10.2. The Hall–Kier alpha value is -2.57. The highest BCUT2D eigenvalue weighted by Crippen LogP contribution is 2.27. The van der Waals surface area contributed by atoms with Gasteiger partial charge in [-0.2, -0.15) is 0 Å². The second-order valence-electron chi connectivity index (χ2n) is 6.34. The Morgan fingerprint density at radius 2 is 1.74 bits per heavy atom. The molecule has 0 fully saturated rings. The number of nitrogens with one attached hydrogen (secondary N) is 2. The summed E-state index contributed by atoms with van der Waals surface area (Å²) in [4.78, 5) is 26.3. The lowest BCUT2D eigenvalue weighted by Gasteiger charge is -2.23. The van der Waals surface area contributed by atoms with E-state index in [0.29, 0.717) is 16.5 Å². The minimum atomic E-state index is -0.505. The number of carbonyl (C=O) groups is 2. The van der Waals surface area contributed by atoms with E-state index in [1.165, 1.54) is 7.11 Å². The van der Waals surface area contributed by atoms with E-state index in [1.807, 2.05) is 31.2 Å². The summed E-state index contributed by atoms with van der Waals surface area (Å²) in [6, 6.07) is 12.0. The Labute approximate surface area is 164 Å². The van der Waals surface area contributed by atoms with Crippen LogP contribution < -0.4 is 15.4 Å². The quantitative estimate of drug-likeness (QED) is 0.759. The maximum absolute atomic E-state index is 12.4. The smallest absolute Gasteiger partial charge is 0.241 e. The minimum absolute atomic E-state index is 0.0891. The number of ether oxygens (including phenoxy) is 1. The highest BCUT2D eigenvalue weighted by Gasteiger charge is 2.20. The van der Waals surface area contributed by atoms with E-state index in [0.717, 1.165) is 11.3 Å². The van der Waals surface area contributed by atoms with Gasteiger partial charge in [-0.1, -0.05) is 29.3 Å². The Morgan fingerprint density at radius 1 is 1.11 bits per heavy atom. The summed E-state index contributed by atoms with van der Waals surface area (Å²) in [7, 11) is 3.25. The predicted molar refractivity (Wildman–Crippen MR) is 109 cm³/mol. The number of methoxy groups -OCH3 is 1. The van der Waals surface area contributed by atoms with Crippen molar-refractivity contribution < 1.29 is 14.3 Å². The van der Waals surface area contributed by atoms with Gasteiger partial charge in [-0.05, 0) is 51.2 Å². The predicted octanol–water partition coefficient (Wildman–Crippen LogP) is 3.55. The van der Waals surface area contributed by atoms with Gasteiger partial charge in [0.15, 0.2) is 0 Å². The highest BCUT2D eigenvalue weighted by molar-refractivity contribution is 6.32. The molecule has 0 spiro atoms. The molecule has 27 heavy (non-hydrogen) atoms. The molecule has 0 aliphatic heterocycles. The summed E-state index contributed by atoms with van der Waals surface area (Å²) < 4.78 is 5.09. The molecule has 0 saturated carbocycles. The van der Waals surface area contributed by atoms with Crippen LogP contribution in [0.4, 0.5) is 11.4 Å². The van der Waals surface area contributed by atoms with Crippen LogP contribution >= 0.6 is 11.6 Å². The second-order valence-corrected chi connectivity index (χ2v) is 6.75. The van der Waals surface area contributed by atoms with Crippen molar-refractivity contribution >= 4 is 34.8 Å². The first-order chi connectivity index (χ1) is 12.8. The molecular formula is C20H24ClN3O3. The number of benzene rings is 2. The molecule has 2 amide bonds. The number of rotatable bonds is 7. The minimum Gasteiger partial charge on any atom is -0.495 e. The van der Waals surface area contributed by atoms with Gasteiger partial charge in [-0.15, -0.1) is 0 Å². The van der Waals surface area contributed by atoms with Gasteiger partial charge in [0, 0.05) is 11.4 Å². The molecule has 0 bridgehead atoms. The van der Waals surface area contributed by atoms with Crippen molar-refractivity contribution in [3.8, 4) is 5.75 Å². The third kappa shape index (κ3) is 5.98. The molecule has 2 N–H and O–H groups in total. The molecule has 1 unspecified atom stereocenters. The molecule has 0 aliphatic carbocycles. The second kappa shape index (κ2) is 9.39. The standard InChI is InChI=1S/C20H24ClN3O3/c1-13-5-7-15(8-6-13)22-19(25)12-24(3)14(2)20(26)23-16-9-10-18(27-4)17(21)11-16/h5-11,14H,12H2,1-4H3,(H,22,25)(H,23,26). The van der Waals surface area contributed by atoms with Gasteiger partial charge in [0.1, 0.15) is 5.75 Å². The molecule has 2 aromatic carbocycles. The summed E-state index contributed by atoms with van der Waals surface area (Å²) >= 11 is 6.07. The summed E-state index contributed by atoms with van der Waals surface area (Å²) in [6.45, 7) is 3.81. The van der Waals surface area contributed by atoms with Gasteiger partial charge in [-0.25, -0.2) is 0 Å². The number of amides is 2. The van der Waals surface area contributed by atoms with E-state index in [2.05, 4.69) is 10.6 Å².